The number of fused-ring (bicyclic) bond motifs is 1. The number of likely N-dealkylation sites (tertiary alicyclic amines) is 1. The van der Waals surface area contributed by atoms with Crippen LogP contribution in [0.4, 0.5) is 0 Å². The zero-order valence-electron chi connectivity index (χ0n) is 14.9. The third kappa shape index (κ3) is 4.45. The van der Waals surface area contributed by atoms with Crippen LogP contribution in [0.2, 0.25) is 0 Å². The molecular formula is C19H27N4O2+. The second-order valence-corrected chi connectivity index (χ2v) is 6.78. The molecule has 1 aromatic carbocycles. The molecule has 25 heavy (non-hydrogen) atoms. The molecule has 2 heterocycles. The molecule has 1 fully saturated rings. The number of aromatic amines is 1. The van der Waals surface area contributed by atoms with Gasteiger partial charge in [-0.25, -0.2) is 4.98 Å². The number of rotatable bonds is 5. The standard InChI is InChI=1S/C19H26N4O2/c1-2-22(14-18(24)23-11-7-3-4-8-12-23)13-17-20-16-10-6-5-9-15(16)19(25)21-17/h5-6,9-10H,2-4,7-8,11-14H2,1H3,(H,20,21,25)/p+1. The molecular weight excluding hydrogens is 316 g/mol. The van der Waals surface area contributed by atoms with E-state index < -0.39 is 0 Å². The zero-order chi connectivity index (χ0) is 17.6. The van der Waals surface area contributed by atoms with Crippen LogP contribution in [0.1, 0.15) is 38.4 Å². The van der Waals surface area contributed by atoms with Crippen molar-refractivity contribution in [1.82, 2.24) is 14.9 Å². The van der Waals surface area contributed by atoms with Crippen molar-refractivity contribution in [3.05, 3.63) is 40.4 Å². The summed E-state index contributed by atoms with van der Waals surface area (Å²) in [7, 11) is 0. The van der Waals surface area contributed by atoms with E-state index in [1.807, 2.05) is 23.1 Å². The Labute approximate surface area is 147 Å². The van der Waals surface area contributed by atoms with Crippen molar-refractivity contribution in [1.29, 1.82) is 0 Å². The molecule has 3 rings (SSSR count). The number of quaternary nitrogens is 1. The smallest absolute Gasteiger partial charge is 0.277 e. The summed E-state index contributed by atoms with van der Waals surface area (Å²) in [5.74, 6) is 0.853. The van der Waals surface area contributed by atoms with E-state index in [9.17, 15) is 9.59 Å². The Morgan fingerprint density at radius 1 is 1.20 bits per heavy atom. The minimum absolute atomic E-state index is 0.116. The number of nitrogens with zero attached hydrogens (tertiary/aromatic N) is 2. The first-order valence-corrected chi connectivity index (χ1v) is 9.26. The Balaban J connectivity index is 1.69. The minimum Gasteiger partial charge on any atom is -0.338 e. The third-order valence-electron chi connectivity index (χ3n) is 4.94. The predicted molar refractivity (Wildman–Crippen MR) is 97.5 cm³/mol. The first-order chi connectivity index (χ1) is 12.2. The van der Waals surface area contributed by atoms with Crippen molar-refractivity contribution < 1.29 is 9.69 Å². The maximum Gasteiger partial charge on any atom is 0.277 e. The van der Waals surface area contributed by atoms with Gasteiger partial charge in [0.15, 0.2) is 12.4 Å². The van der Waals surface area contributed by atoms with E-state index in [1.165, 1.54) is 12.8 Å². The fourth-order valence-electron chi connectivity index (χ4n) is 3.41. The first-order valence-electron chi connectivity index (χ1n) is 9.26. The van der Waals surface area contributed by atoms with Gasteiger partial charge in [-0.15, -0.1) is 0 Å². The van der Waals surface area contributed by atoms with Gasteiger partial charge in [-0.05, 0) is 31.9 Å². The number of amides is 1. The molecule has 6 nitrogen and oxygen atoms in total. The summed E-state index contributed by atoms with van der Waals surface area (Å²) < 4.78 is 0. The van der Waals surface area contributed by atoms with Gasteiger partial charge in [-0.2, -0.15) is 0 Å². The predicted octanol–water partition coefficient (Wildman–Crippen LogP) is 0.731. The van der Waals surface area contributed by atoms with Crippen LogP contribution in [0, 0.1) is 0 Å². The molecule has 2 aromatic rings. The molecule has 0 spiro atoms. The highest BCUT2D eigenvalue weighted by atomic mass is 16.2. The van der Waals surface area contributed by atoms with Crippen LogP contribution in [-0.2, 0) is 11.3 Å². The van der Waals surface area contributed by atoms with Gasteiger partial charge < -0.3 is 14.8 Å². The molecule has 1 aromatic heterocycles. The Kier molecular flexibility index (Phi) is 5.81. The van der Waals surface area contributed by atoms with Crippen LogP contribution in [0.25, 0.3) is 10.9 Å². The van der Waals surface area contributed by atoms with Gasteiger partial charge in [0.25, 0.3) is 11.5 Å². The number of carbonyl (C=O) groups is 1. The lowest BCUT2D eigenvalue weighted by atomic mass is 10.2. The van der Waals surface area contributed by atoms with Crippen molar-refractivity contribution >= 4 is 16.8 Å². The molecule has 0 bridgehead atoms. The van der Waals surface area contributed by atoms with Gasteiger partial charge >= 0.3 is 0 Å². The lowest BCUT2D eigenvalue weighted by Crippen LogP contribution is -3.11. The molecule has 1 saturated heterocycles. The van der Waals surface area contributed by atoms with E-state index in [0.717, 1.165) is 37.4 Å². The lowest BCUT2D eigenvalue weighted by Gasteiger charge is -2.23. The molecule has 1 atom stereocenters. The van der Waals surface area contributed by atoms with Crippen LogP contribution < -0.4 is 10.5 Å². The largest absolute Gasteiger partial charge is 0.338 e. The normalized spacial score (nSPS) is 16.6. The maximum atomic E-state index is 12.6. The topological polar surface area (TPSA) is 70.5 Å². The van der Waals surface area contributed by atoms with Crippen molar-refractivity contribution in [2.45, 2.75) is 39.2 Å². The lowest BCUT2D eigenvalue weighted by molar-refractivity contribution is -0.905. The molecule has 1 aliphatic heterocycles. The van der Waals surface area contributed by atoms with Crippen molar-refractivity contribution in [2.75, 3.05) is 26.2 Å². The Bertz CT molecular complexity index is 778. The highest BCUT2D eigenvalue weighted by molar-refractivity contribution is 5.77. The van der Waals surface area contributed by atoms with Crippen LogP contribution in [-0.4, -0.2) is 47.0 Å². The highest BCUT2D eigenvalue weighted by Gasteiger charge is 2.21. The number of carbonyl (C=O) groups excluding carboxylic acids is 1. The number of H-pyrrole nitrogens is 1. The van der Waals surface area contributed by atoms with Crippen LogP contribution >= 0.6 is 0 Å². The molecule has 1 unspecified atom stereocenters. The van der Waals surface area contributed by atoms with Gasteiger partial charge in [0.05, 0.1) is 17.4 Å². The SMILES string of the molecule is CC[NH+](CC(=O)N1CCCCCC1)Cc1nc2ccccc2c(=O)[nH]1. The van der Waals surface area contributed by atoms with Crippen LogP contribution in [0.15, 0.2) is 29.1 Å². The van der Waals surface area contributed by atoms with Crippen molar-refractivity contribution in [3.8, 4) is 0 Å². The summed E-state index contributed by atoms with van der Waals surface area (Å²) in [6, 6.07) is 7.34. The number of likely N-dealkylation sites (N-methyl/N-ethyl adjacent to an activating group) is 1. The molecule has 1 amide bonds. The fraction of sp³-hybridized carbons (Fsp3) is 0.526. The summed E-state index contributed by atoms with van der Waals surface area (Å²) >= 11 is 0. The Morgan fingerprint density at radius 2 is 1.92 bits per heavy atom. The molecule has 0 aliphatic carbocycles. The molecule has 1 aliphatic rings. The molecule has 0 saturated carbocycles. The van der Waals surface area contributed by atoms with Crippen LogP contribution in [0.3, 0.4) is 0 Å². The van der Waals surface area contributed by atoms with Crippen LogP contribution in [0.5, 0.6) is 0 Å². The summed E-state index contributed by atoms with van der Waals surface area (Å²) in [5.41, 5.74) is 0.588. The van der Waals surface area contributed by atoms with Gasteiger partial charge in [-0.1, -0.05) is 25.0 Å². The zero-order valence-corrected chi connectivity index (χ0v) is 14.9. The molecule has 0 radical (unpaired) electrons. The van der Waals surface area contributed by atoms with Gasteiger partial charge in [-0.3, -0.25) is 9.59 Å². The number of benzene rings is 1. The average Bonchev–Trinajstić information content (AvgIpc) is 2.90. The van der Waals surface area contributed by atoms with E-state index in [2.05, 4.69) is 16.9 Å². The number of hydrogen-bond acceptors (Lipinski definition) is 3. The summed E-state index contributed by atoms with van der Waals surface area (Å²) in [5, 5.41) is 0.602. The van der Waals surface area contributed by atoms with Gasteiger partial charge in [0.1, 0.15) is 6.54 Å². The van der Waals surface area contributed by atoms with Gasteiger partial charge in [0, 0.05) is 13.1 Å². The number of aromatic nitrogens is 2. The summed E-state index contributed by atoms with van der Waals surface area (Å²) in [4.78, 5) is 35.3. The third-order valence-corrected chi connectivity index (χ3v) is 4.94. The Morgan fingerprint density at radius 3 is 2.64 bits per heavy atom. The molecule has 2 N–H and O–H groups in total. The quantitative estimate of drug-likeness (QED) is 0.841. The fourth-order valence-corrected chi connectivity index (χ4v) is 3.41. The average molecular weight is 343 g/mol. The highest BCUT2D eigenvalue weighted by Crippen LogP contribution is 2.09. The second kappa shape index (κ2) is 8.25. The monoisotopic (exact) mass is 343 g/mol. The maximum absolute atomic E-state index is 12.6. The summed E-state index contributed by atoms with van der Waals surface area (Å²) in [6.07, 6.45) is 4.65. The molecule has 134 valence electrons. The first kappa shape index (κ1) is 17.6. The van der Waals surface area contributed by atoms with E-state index in [-0.39, 0.29) is 11.5 Å². The second-order valence-electron chi connectivity index (χ2n) is 6.78. The van der Waals surface area contributed by atoms with E-state index in [1.54, 1.807) is 6.07 Å². The Hall–Kier alpha value is -2.21. The number of nitrogens with one attached hydrogen (secondary N) is 2. The van der Waals surface area contributed by atoms with Crippen molar-refractivity contribution in [3.63, 3.8) is 0 Å². The number of para-hydroxylation sites is 1. The van der Waals surface area contributed by atoms with Crippen molar-refractivity contribution in [2.24, 2.45) is 0 Å². The van der Waals surface area contributed by atoms with Gasteiger partial charge in [0.2, 0.25) is 0 Å². The summed E-state index contributed by atoms with van der Waals surface area (Å²) in [6.45, 7) is 5.63. The number of hydrogen-bond donors (Lipinski definition) is 2. The minimum atomic E-state index is -0.116. The molecule has 6 heteroatoms. The van der Waals surface area contributed by atoms with E-state index >= 15 is 0 Å². The van der Waals surface area contributed by atoms with E-state index in [0.29, 0.717) is 29.8 Å². The van der Waals surface area contributed by atoms with E-state index in [4.69, 9.17) is 0 Å².